The van der Waals surface area contributed by atoms with Crippen LogP contribution in [0.25, 0.3) is 11.4 Å². The zero-order chi connectivity index (χ0) is 14.4. The average Bonchev–Trinajstić information content (AvgIpc) is 3.08. The fourth-order valence-corrected chi connectivity index (χ4v) is 3.27. The summed E-state index contributed by atoms with van der Waals surface area (Å²) >= 11 is 6.47. The lowest BCUT2D eigenvalue weighted by Crippen LogP contribution is -2.07. The van der Waals surface area contributed by atoms with Crippen LogP contribution in [0.15, 0.2) is 54.9 Å². The normalized spacial score (nSPS) is 15.6. The van der Waals surface area contributed by atoms with Gasteiger partial charge in [-0.2, -0.15) is 0 Å². The molecule has 0 saturated heterocycles. The molecule has 21 heavy (non-hydrogen) atoms. The number of nitrogens with zero attached hydrogens (tertiary/aromatic N) is 2. The van der Waals surface area contributed by atoms with Gasteiger partial charge in [-0.1, -0.05) is 41.9 Å². The van der Waals surface area contributed by atoms with E-state index in [2.05, 4.69) is 27.8 Å². The number of imidazole rings is 1. The first kappa shape index (κ1) is 12.5. The Morgan fingerprint density at radius 3 is 2.81 bits per heavy atom. The van der Waals surface area contributed by atoms with Crippen LogP contribution in [-0.2, 0) is 0 Å². The van der Waals surface area contributed by atoms with Gasteiger partial charge in [-0.05, 0) is 23.3 Å². The number of ether oxygens (including phenoxy) is 1. The Balaban J connectivity index is 1.93. The highest BCUT2D eigenvalue weighted by Crippen LogP contribution is 2.44. The lowest BCUT2D eigenvalue weighted by Gasteiger charge is -2.17. The maximum Gasteiger partial charge on any atom is 0.141 e. The zero-order valence-corrected chi connectivity index (χ0v) is 12.2. The Kier molecular flexibility index (Phi) is 2.76. The van der Waals surface area contributed by atoms with E-state index in [1.54, 1.807) is 7.11 Å². The molecule has 3 aromatic rings. The Hall–Kier alpha value is -2.26. The second kappa shape index (κ2) is 4.64. The van der Waals surface area contributed by atoms with Crippen LogP contribution in [-0.4, -0.2) is 16.7 Å². The van der Waals surface area contributed by atoms with Gasteiger partial charge in [0.2, 0.25) is 0 Å². The summed E-state index contributed by atoms with van der Waals surface area (Å²) < 4.78 is 7.40. The van der Waals surface area contributed by atoms with Crippen molar-refractivity contribution in [3.63, 3.8) is 0 Å². The summed E-state index contributed by atoms with van der Waals surface area (Å²) in [5, 5.41) is 0.704. The minimum Gasteiger partial charge on any atom is -0.497 e. The van der Waals surface area contributed by atoms with Crippen molar-refractivity contribution in [3.8, 4) is 17.1 Å². The standard InChI is InChI=1S/C17H13ClN2O/c1-21-11-6-7-14(15(18)10-11)16-12-4-2-3-5-13(12)17-19-8-9-20(16)17/h2-10,16H,1H3. The average molecular weight is 297 g/mol. The molecule has 0 radical (unpaired) electrons. The summed E-state index contributed by atoms with van der Waals surface area (Å²) in [6.45, 7) is 0. The van der Waals surface area contributed by atoms with E-state index in [0.717, 1.165) is 17.1 Å². The number of halogens is 1. The summed E-state index contributed by atoms with van der Waals surface area (Å²) in [6.07, 6.45) is 3.83. The minimum absolute atomic E-state index is 0.0668. The number of methoxy groups -OCH3 is 1. The monoisotopic (exact) mass is 296 g/mol. The van der Waals surface area contributed by atoms with Crippen molar-refractivity contribution in [2.45, 2.75) is 6.04 Å². The molecule has 2 heterocycles. The van der Waals surface area contributed by atoms with E-state index in [1.807, 2.05) is 36.7 Å². The quantitative estimate of drug-likeness (QED) is 0.555. The molecule has 1 unspecified atom stereocenters. The lowest BCUT2D eigenvalue weighted by atomic mass is 9.97. The first-order valence-corrected chi connectivity index (χ1v) is 7.13. The molecule has 0 bridgehead atoms. The minimum atomic E-state index is 0.0668. The summed E-state index contributed by atoms with van der Waals surface area (Å²) in [4.78, 5) is 4.47. The van der Waals surface area contributed by atoms with Gasteiger partial charge in [-0.25, -0.2) is 4.98 Å². The molecule has 0 amide bonds. The van der Waals surface area contributed by atoms with Gasteiger partial charge in [0.1, 0.15) is 11.6 Å². The van der Waals surface area contributed by atoms with Crippen LogP contribution >= 0.6 is 11.6 Å². The summed E-state index contributed by atoms with van der Waals surface area (Å²) in [6, 6.07) is 14.2. The highest BCUT2D eigenvalue weighted by Gasteiger charge is 2.31. The van der Waals surface area contributed by atoms with Crippen LogP contribution in [0, 0.1) is 0 Å². The molecule has 1 aromatic heterocycles. The van der Waals surface area contributed by atoms with Crippen molar-refractivity contribution in [1.29, 1.82) is 0 Å². The molecule has 1 atom stereocenters. The molecule has 104 valence electrons. The molecule has 2 aromatic carbocycles. The number of fused-ring (bicyclic) bond motifs is 3. The third kappa shape index (κ3) is 1.78. The number of rotatable bonds is 2. The van der Waals surface area contributed by atoms with E-state index in [9.17, 15) is 0 Å². The number of benzene rings is 2. The number of hydrogen-bond acceptors (Lipinski definition) is 2. The number of aromatic nitrogens is 2. The fourth-order valence-electron chi connectivity index (χ4n) is 2.99. The van der Waals surface area contributed by atoms with E-state index in [1.165, 1.54) is 11.1 Å². The largest absolute Gasteiger partial charge is 0.497 e. The first-order chi connectivity index (χ1) is 10.3. The molecule has 0 fully saturated rings. The molecule has 0 aliphatic carbocycles. The first-order valence-electron chi connectivity index (χ1n) is 6.75. The van der Waals surface area contributed by atoms with Gasteiger partial charge < -0.3 is 9.30 Å². The van der Waals surface area contributed by atoms with E-state index in [4.69, 9.17) is 16.3 Å². The summed E-state index contributed by atoms with van der Waals surface area (Å²) in [5.41, 5.74) is 3.45. The molecule has 1 aliphatic heterocycles. The molecule has 3 nitrogen and oxygen atoms in total. The topological polar surface area (TPSA) is 27.1 Å². The zero-order valence-electron chi connectivity index (χ0n) is 11.5. The SMILES string of the molecule is COc1ccc(C2c3ccccc3-c3nccn32)c(Cl)c1. The smallest absolute Gasteiger partial charge is 0.141 e. The van der Waals surface area contributed by atoms with E-state index >= 15 is 0 Å². The van der Waals surface area contributed by atoms with Crippen LogP contribution in [0.3, 0.4) is 0 Å². The lowest BCUT2D eigenvalue weighted by molar-refractivity contribution is 0.414. The molecule has 1 aliphatic rings. The van der Waals surface area contributed by atoms with Crippen LogP contribution in [0.4, 0.5) is 0 Å². The summed E-state index contributed by atoms with van der Waals surface area (Å²) in [7, 11) is 1.64. The predicted octanol–water partition coefficient (Wildman–Crippen LogP) is 4.16. The van der Waals surface area contributed by atoms with Gasteiger partial charge in [-0.15, -0.1) is 0 Å². The third-order valence-electron chi connectivity index (χ3n) is 3.95. The van der Waals surface area contributed by atoms with Crippen molar-refractivity contribution in [1.82, 2.24) is 9.55 Å². The maximum absolute atomic E-state index is 6.47. The highest BCUT2D eigenvalue weighted by atomic mass is 35.5. The van der Waals surface area contributed by atoms with Crippen LogP contribution in [0.2, 0.25) is 5.02 Å². The van der Waals surface area contributed by atoms with E-state index < -0.39 is 0 Å². The molecular weight excluding hydrogens is 284 g/mol. The van der Waals surface area contributed by atoms with Crippen molar-refractivity contribution >= 4 is 11.6 Å². The summed E-state index contributed by atoms with van der Waals surface area (Å²) in [5.74, 6) is 1.75. The fraction of sp³-hybridized carbons (Fsp3) is 0.118. The van der Waals surface area contributed by atoms with Crippen molar-refractivity contribution in [2.24, 2.45) is 0 Å². The predicted molar refractivity (Wildman–Crippen MR) is 82.9 cm³/mol. The Morgan fingerprint density at radius 1 is 1.14 bits per heavy atom. The Morgan fingerprint density at radius 2 is 2.00 bits per heavy atom. The molecule has 0 saturated carbocycles. The van der Waals surface area contributed by atoms with Crippen LogP contribution < -0.4 is 4.74 Å². The number of hydrogen-bond donors (Lipinski definition) is 0. The molecule has 4 rings (SSSR count). The van der Waals surface area contributed by atoms with Crippen molar-refractivity contribution in [2.75, 3.05) is 7.11 Å². The van der Waals surface area contributed by atoms with Gasteiger partial charge in [0.25, 0.3) is 0 Å². The van der Waals surface area contributed by atoms with Crippen LogP contribution in [0.1, 0.15) is 17.2 Å². The van der Waals surface area contributed by atoms with Crippen LogP contribution in [0.5, 0.6) is 5.75 Å². The molecule has 0 spiro atoms. The molecule has 0 N–H and O–H groups in total. The van der Waals surface area contributed by atoms with E-state index in [-0.39, 0.29) is 6.04 Å². The second-order valence-corrected chi connectivity index (χ2v) is 5.44. The Bertz CT molecular complexity index is 825. The van der Waals surface area contributed by atoms with E-state index in [0.29, 0.717) is 5.02 Å². The molecule has 4 heteroatoms. The maximum atomic E-state index is 6.47. The highest BCUT2D eigenvalue weighted by molar-refractivity contribution is 6.31. The third-order valence-corrected chi connectivity index (χ3v) is 4.27. The van der Waals surface area contributed by atoms with Gasteiger partial charge in [0, 0.05) is 23.0 Å². The van der Waals surface area contributed by atoms with Gasteiger partial charge >= 0.3 is 0 Å². The second-order valence-electron chi connectivity index (χ2n) is 5.04. The Labute approximate surface area is 127 Å². The van der Waals surface area contributed by atoms with Gasteiger partial charge in [-0.3, -0.25) is 0 Å². The van der Waals surface area contributed by atoms with Crippen molar-refractivity contribution in [3.05, 3.63) is 71.0 Å². The van der Waals surface area contributed by atoms with Gasteiger partial charge in [0.15, 0.2) is 0 Å². The molecular formula is C17H13ClN2O. The van der Waals surface area contributed by atoms with Crippen molar-refractivity contribution < 1.29 is 4.74 Å². The van der Waals surface area contributed by atoms with Gasteiger partial charge in [0.05, 0.1) is 13.2 Å².